The fraction of sp³-hybridized carbons (Fsp3) is 0.560. The topological polar surface area (TPSA) is 84.7 Å². The molecule has 172 valence electrons. The first kappa shape index (κ1) is 22.4. The maximum Gasteiger partial charge on any atom is 0.273 e. The Hall–Kier alpha value is -2.83. The second-order valence-corrected chi connectivity index (χ2v) is 8.92. The quantitative estimate of drug-likeness (QED) is 0.635. The summed E-state index contributed by atoms with van der Waals surface area (Å²) in [6.07, 6.45) is 9.38. The number of rotatable bonds is 9. The monoisotopic (exact) mass is 439 g/mol. The molecule has 7 nitrogen and oxygen atoms in total. The number of hydrogen-bond donors (Lipinski definition) is 1. The molecule has 2 aliphatic carbocycles. The Bertz CT molecular complexity index is 896. The van der Waals surface area contributed by atoms with Crippen molar-refractivity contribution in [1.82, 2.24) is 15.4 Å². The van der Waals surface area contributed by atoms with Gasteiger partial charge in [0.05, 0.1) is 13.7 Å². The van der Waals surface area contributed by atoms with Crippen molar-refractivity contribution in [3.05, 3.63) is 47.3 Å². The Morgan fingerprint density at radius 3 is 2.47 bits per heavy atom. The largest absolute Gasteiger partial charge is 0.497 e. The van der Waals surface area contributed by atoms with Gasteiger partial charge >= 0.3 is 0 Å². The number of carbonyl (C=O) groups is 2. The van der Waals surface area contributed by atoms with Crippen LogP contribution in [0.2, 0.25) is 0 Å². The molecule has 32 heavy (non-hydrogen) atoms. The van der Waals surface area contributed by atoms with E-state index < -0.39 is 0 Å². The summed E-state index contributed by atoms with van der Waals surface area (Å²) < 4.78 is 10.6. The Labute approximate surface area is 189 Å². The minimum absolute atomic E-state index is 0.138. The van der Waals surface area contributed by atoms with Crippen molar-refractivity contribution in [3.8, 4) is 5.75 Å². The fourth-order valence-corrected chi connectivity index (χ4v) is 4.88. The third-order valence-corrected chi connectivity index (χ3v) is 6.73. The Balaban J connectivity index is 1.32. The summed E-state index contributed by atoms with van der Waals surface area (Å²) in [6, 6.07) is 9.73. The van der Waals surface area contributed by atoms with E-state index in [1.54, 1.807) is 13.2 Å². The van der Waals surface area contributed by atoms with Gasteiger partial charge in [-0.05, 0) is 49.8 Å². The summed E-state index contributed by atoms with van der Waals surface area (Å²) in [7, 11) is 1.64. The van der Waals surface area contributed by atoms with E-state index >= 15 is 0 Å². The number of ether oxygens (including phenoxy) is 1. The molecule has 2 amide bonds. The van der Waals surface area contributed by atoms with E-state index in [4.69, 9.17) is 9.26 Å². The van der Waals surface area contributed by atoms with Crippen molar-refractivity contribution >= 4 is 11.8 Å². The van der Waals surface area contributed by atoms with E-state index in [1.165, 1.54) is 0 Å². The number of hydrogen-bond acceptors (Lipinski definition) is 5. The van der Waals surface area contributed by atoms with Crippen LogP contribution in [0.15, 0.2) is 34.9 Å². The van der Waals surface area contributed by atoms with Crippen LogP contribution in [-0.4, -0.2) is 41.6 Å². The van der Waals surface area contributed by atoms with Gasteiger partial charge in [-0.25, -0.2) is 0 Å². The van der Waals surface area contributed by atoms with Crippen LogP contribution in [0.25, 0.3) is 0 Å². The predicted octanol–water partition coefficient (Wildman–Crippen LogP) is 4.12. The first-order chi connectivity index (χ1) is 15.6. The van der Waals surface area contributed by atoms with Gasteiger partial charge in [-0.15, -0.1) is 0 Å². The molecule has 7 heteroatoms. The Morgan fingerprint density at radius 1 is 1.09 bits per heavy atom. The van der Waals surface area contributed by atoms with Gasteiger partial charge in [-0.3, -0.25) is 9.59 Å². The molecule has 4 rings (SSSR count). The highest BCUT2D eigenvalue weighted by atomic mass is 16.5. The van der Waals surface area contributed by atoms with Crippen molar-refractivity contribution in [2.24, 2.45) is 5.92 Å². The molecule has 0 atom stereocenters. The maximum atomic E-state index is 13.2. The van der Waals surface area contributed by atoms with Gasteiger partial charge in [0.2, 0.25) is 5.91 Å². The van der Waals surface area contributed by atoms with Crippen LogP contribution >= 0.6 is 0 Å². The van der Waals surface area contributed by atoms with E-state index in [2.05, 4.69) is 10.5 Å². The summed E-state index contributed by atoms with van der Waals surface area (Å²) in [5.74, 6) is 1.51. The van der Waals surface area contributed by atoms with Crippen molar-refractivity contribution in [1.29, 1.82) is 0 Å². The van der Waals surface area contributed by atoms with Gasteiger partial charge in [0.15, 0.2) is 11.5 Å². The second kappa shape index (κ2) is 10.7. The highest BCUT2D eigenvalue weighted by Crippen LogP contribution is 2.31. The minimum atomic E-state index is -0.261. The van der Waals surface area contributed by atoms with E-state index in [-0.39, 0.29) is 29.5 Å². The predicted molar refractivity (Wildman–Crippen MR) is 120 cm³/mol. The van der Waals surface area contributed by atoms with Crippen LogP contribution in [0.4, 0.5) is 0 Å². The number of methoxy groups -OCH3 is 1. The highest BCUT2D eigenvalue weighted by molar-refractivity contribution is 5.92. The zero-order chi connectivity index (χ0) is 22.3. The number of nitrogens with one attached hydrogen (secondary N) is 1. The second-order valence-electron chi connectivity index (χ2n) is 8.92. The highest BCUT2D eigenvalue weighted by Gasteiger charge is 2.33. The summed E-state index contributed by atoms with van der Waals surface area (Å²) in [4.78, 5) is 27.7. The maximum absolute atomic E-state index is 13.2. The van der Waals surface area contributed by atoms with Crippen molar-refractivity contribution in [2.45, 2.75) is 70.4 Å². The van der Waals surface area contributed by atoms with Crippen LogP contribution in [0, 0.1) is 5.92 Å². The molecule has 1 aromatic heterocycles. The van der Waals surface area contributed by atoms with Gasteiger partial charge < -0.3 is 19.5 Å². The molecule has 1 aromatic carbocycles. The number of benzene rings is 1. The molecule has 0 aliphatic heterocycles. The van der Waals surface area contributed by atoms with Crippen LogP contribution in [-0.2, 0) is 17.8 Å². The van der Waals surface area contributed by atoms with E-state index in [1.807, 2.05) is 29.2 Å². The molecule has 1 heterocycles. The summed E-state index contributed by atoms with van der Waals surface area (Å²) in [6.45, 7) is 0.897. The van der Waals surface area contributed by atoms with Crippen molar-refractivity contribution in [2.75, 3.05) is 13.7 Å². The van der Waals surface area contributed by atoms with Gasteiger partial charge in [0.1, 0.15) is 5.75 Å². The van der Waals surface area contributed by atoms with Gasteiger partial charge in [-0.2, -0.15) is 0 Å². The SMILES string of the molecule is COc1ccc(CCNC(=O)c2cc(CN(C(=O)C3CCCC3)C3CCCC3)on2)cc1. The van der Waals surface area contributed by atoms with Gasteiger partial charge in [0.25, 0.3) is 5.91 Å². The van der Waals surface area contributed by atoms with E-state index in [0.717, 1.165) is 62.7 Å². The molecular weight excluding hydrogens is 406 g/mol. The minimum Gasteiger partial charge on any atom is -0.497 e. The molecule has 0 radical (unpaired) electrons. The molecule has 2 aromatic rings. The van der Waals surface area contributed by atoms with E-state index in [0.29, 0.717) is 25.3 Å². The molecular formula is C25H33N3O4. The Kier molecular flexibility index (Phi) is 7.45. The molecule has 2 fully saturated rings. The lowest BCUT2D eigenvalue weighted by atomic mass is 10.0. The zero-order valence-electron chi connectivity index (χ0n) is 18.8. The van der Waals surface area contributed by atoms with Crippen LogP contribution in [0.3, 0.4) is 0 Å². The summed E-state index contributed by atoms with van der Waals surface area (Å²) in [5, 5.41) is 6.85. The third-order valence-electron chi connectivity index (χ3n) is 6.73. The summed E-state index contributed by atoms with van der Waals surface area (Å²) in [5.41, 5.74) is 1.37. The molecule has 0 spiro atoms. The average molecular weight is 440 g/mol. The molecule has 2 aliphatic rings. The lowest BCUT2D eigenvalue weighted by molar-refractivity contribution is -0.138. The number of nitrogens with zero attached hydrogens (tertiary/aromatic N) is 2. The van der Waals surface area contributed by atoms with Crippen LogP contribution < -0.4 is 10.1 Å². The molecule has 0 saturated heterocycles. The van der Waals surface area contributed by atoms with E-state index in [9.17, 15) is 9.59 Å². The molecule has 0 unspecified atom stereocenters. The van der Waals surface area contributed by atoms with Gasteiger partial charge in [-0.1, -0.05) is 43.0 Å². The van der Waals surface area contributed by atoms with Crippen LogP contribution in [0.5, 0.6) is 5.75 Å². The Morgan fingerprint density at radius 2 is 1.78 bits per heavy atom. The number of aromatic nitrogens is 1. The number of amides is 2. The molecule has 0 bridgehead atoms. The lowest BCUT2D eigenvalue weighted by Gasteiger charge is -2.30. The smallest absolute Gasteiger partial charge is 0.273 e. The number of carbonyl (C=O) groups excluding carboxylic acids is 2. The van der Waals surface area contributed by atoms with Crippen molar-refractivity contribution in [3.63, 3.8) is 0 Å². The fourth-order valence-electron chi connectivity index (χ4n) is 4.88. The normalized spacial score (nSPS) is 16.9. The lowest BCUT2D eigenvalue weighted by Crippen LogP contribution is -2.41. The van der Waals surface area contributed by atoms with Crippen molar-refractivity contribution < 1.29 is 18.8 Å². The zero-order valence-corrected chi connectivity index (χ0v) is 18.8. The van der Waals surface area contributed by atoms with Gasteiger partial charge in [0, 0.05) is 24.6 Å². The molecule has 2 saturated carbocycles. The standard InChI is InChI=1S/C25H33N3O4/c1-31-21-12-10-18(11-13-21)14-15-26-24(29)23-16-22(32-27-23)17-28(20-8-4-5-9-20)25(30)19-6-2-3-7-19/h10-13,16,19-20H,2-9,14-15,17H2,1H3,(H,26,29). The third kappa shape index (κ3) is 5.50. The first-order valence-corrected chi connectivity index (χ1v) is 11.8. The first-order valence-electron chi connectivity index (χ1n) is 11.8. The summed E-state index contributed by atoms with van der Waals surface area (Å²) >= 11 is 0. The average Bonchev–Trinajstić information content (AvgIpc) is 3.60. The molecule has 1 N–H and O–H groups in total. The van der Waals surface area contributed by atoms with Crippen LogP contribution in [0.1, 0.15) is 73.2 Å².